The molecule has 0 aromatic carbocycles. The van der Waals surface area contributed by atoms with E-state index in [2.05, 4.69) is 15.1 Å². The molecule has 0 spiro atoms. The van der Waals surface area contributed by atoms with Crippen molar-refractivity contribution in [2.24, 2.45) is 0 Å². The zero-order chi connectivity index (χ0) is 14.4. The highest BCUT2D eigenvalue weighted by Crippen LogP contribution is 2.24. The first kappa shape index (κ1) is 14.8. The summed E-state index contributed by atoms with van der Waals surface area (Å²) in [6.07, 6.45) is 1.80. The van der Waals surface area contributed by atoms with Crippen LogP contribution in [0.15, 0.2) is 22.7 Å². The van der Waals surface area contributed by atoms with E-state index in [1.54, 1.807) is 13.3 Å². The Kier molecular flexibility index (Phi) is 5.34. The molecule has 2 N–H and O–H groups in total. The van der Waals surface area contributed by atoms with Gasteiger partial charge in [-0.05, 0) is 19.1 Å². The molecular weight excluding hydrogens is 258 g/mol. The molecule has 6 heteroatoms. The summed E-state index contributed by atoms with van der Waals surface area (Å²) >= 11 is 0. The predicted octanol–water partition coefficient (Wildman–Crippen LogP) is 1.42. The number of methoxy groups -OCH3 is 1. The first-order valence-corrected chi connectivity index (χ1v) is 6.65. The number of rotatable bonds is 8. The number of aromatic amines is 1. The fourth-order valence-corrected chi connectivity index (χ4v) is 2.09. The van der Waals surface area contributed by atoms with E-state index in [9.17, 15) is 0 Å². The summed E-state index contributed by atoms with van der Waals surface area (Å²) in [4.78, 5) is 2.12. The summed E-state index contributed by atoms with van der Waals surface area (Å²) in [5.41, 5.74) is 1.93. The third kappa shape index (κ3) is 3.69. The second-order valence-electron chi connectivity index (χ2n) is 4.67. The van der Waals surface area contributed by atoms with Crippen LogP contribution in [0.1, 0.15) is 11.3 Å². The highest BCUT2D eigenvalue weighted by molar-refractivity contribution is 5.56. The van der Waals surface area contributed by atoms with Crippen molar-refractivity contribution in [2.75, 3.05) is 33.4 Å². The monoisotopic (exact) mass is 279 g/mol. The zero-order valence-electron chi connectivity index (χ0n) is 11.9. The van der Waals surface area contributed by atoms with Crippen molar-refractivity contribution >= 4 is 0 Å². The molecular formula is C14H21N3O3. The minimum absolute atomic E-state index is 0.122. The van der Waals surface area contributed by atoms with Gasteiger partial charge in [-0.1, -0.05) is 0 Å². The maximum atomic E-state index is 9.13. The Bertz CT molecular complexity index is 521. The first-order valence-electron chi connectivity index (χ1n) is 6.65. The van der Waals surface area contributed by atoms with Crippen LogP contribution >= 0.6 is 0 Å². The van der Waals surface area contributed by atoms with Gasteiger partial charge in [0.25, 0.3) is 0 Å². The normalized spacial score (nSPS) is 11.4. The van der Waals surface area contributed by atoms with Gasteiger partial charge in [-0.15, -0.1) is 0 Å². The molecule has 2 heterocycles. The van der Waals surface area contributed by atoms with Gasteiger partial charge < -0.3 is 14.3 Å². The smallest absolute Gasteiger partial charge is 0.152 e. The van der Waals surface area contributed by atoms with Gasteiger partial charge in [0.2, 0.25) is 0 Å². The molecule has 0 aliphatic carbocycles. The van der Waals surface area contributed by atoms with E-state index in [4.69, 9.17) is 14.3 Å². The van der Waals surface area contributed by atoms with Crippen molar-refractivity contribution in [2.45, 2.75) is 13.5 Å². The van der Waals surface area contributed by atoms with Gasteiger partial charge in [0, 0.05) is 32.3 Å². The largest absolute Gasteiger partial charge is 0.460 e. The molecule has 0 bridgehead atoms. The standard InChI is InChI=1S/C14H21N3O3/c1-11-3-4-13(20-11)14-12(9-15-16-14)10-17(5-7-18)6-8-19-2/h3-4,9,18H,5-8,10H2,1-2H3,(H,15,16). The number of nitrogens with zero attached hydrogens (tertiary/aromatic N) is 2. The van der Waals surface area contributed by atoms with Gasteiger partial charge in [-0.2, -0.15) is 5.10 Å². The quantitative estimate of drug-likeness (QED) is 0.764. The summed E-state index contributed by atoms with van der Waals surface area (Å²) in [6.45, 7) is 4.72. The van der Waals surface area contributed by atoms with Crippen LogP contribution in [0, 0.1) is 6.92 Å². The Hall–Kier alpha value is -1.63. The molecule has 0 aliphatic rings. The number of aromatic nitrogens is 2. The summed E-state index contributed by atoms with van der Waals surface area (Å²) in [5, 5.41) is 16.2. The van der Waals surface area contributed by atoms with Gasteiger partial charge in [-0.25, -0.2) is 0 Å². The minimum atomic E-state index is 0.122. The molecule has 0 saturated heterocycles. The average Bonchev–Trinajstić information content (AvgIpc) is 3.05. The Morgan fingerprint density at radius 2 is 2.25 bits per heavy atom. The Balaban J connectivity index is 2.10. The van der Waals surface area contributed by atoms with Crippen LogP contribution in [0.2, 0.25) is 0 Å². The van der Waals surface area contributed by atoms with Crippen molar-refractivity contribution in [3.8, 4) is 11.5 Å². The van der Waals surface area contributed by atoms with Crippen LogP contribution in [-0.4, -0.2) is 53.6 Å². The lowest BCUT2D eigenvalue weighted by molar-refractivity contribution is 0.127. The van der Waals surface area contributed by atoms with Crippen LogP contribution in [0.25, 0.3) is 11.5 Å². The number of aliphatic hydroxyl groups is 1. The van der Waals surface area contributed by atoms with Crippen molar-refractivity contribution in [3.05, 3.63) is 29.7 Å². The summed E-state index contributed by atoms with van der Waals surface area (Å²) in [7, 11) is 1.67. The number of H-pyrrole nitrogens is 1. The molecule has 0 unspecified atom stereocenters. The second-order valence-corrected chi connectivity index (χ2v) is 4.67. The molecule has 6 nitrogen and oxygen atoms in total. The van der Waals surface area contributed by atoms with Crippen molar-refractivity contribution < 1.29 is 14.3 Å². The molecule has 110 valence electrons. The maximum absolute atomic E-state index is 9.13. The molecule has 0 aliphatic heterocycles. The second kappa shape index (κ2) is 7.23. The van der Waals surface area contributed by atoms with Gasteiger partial charge in [0.15, 0.2) is 5.76 Å². The Morgan fingerprint density at radius 3 is 2.90 bits per heavy atom. The molecule has 0 radical (unpaired) electrons. The molecule has 0 saturated carbocycles. The molecule has 0 atom stereocenters. The SMILES string of the molecule is COCCN(CCO)Cc1cn[nH]c1-c1ccc(C)o1. The summed E-state index contributed by atoms with van der Waals surface area (Å²) < 4.78 is 10.7. The highest BCUT2D eigenvalue weighted by Gasteiger charge is 2.14. The summed E-state index contributed by atoms with van der Waals surface area (Å²) in [6, 6.07) is 3.86. The van der Waals surface area contributed by atoms with Gasteiger partial charge in [0.1, 0.15) is 11.5 Å². The third-order valence-corrected chi connectivity index (χ3v) is 3.13. The molecule has 2 rings (SSSR count). The van der Waals surface area contributed by atoms with Crippen molar-refractivity contribution in [3.63, 3.8) is 0 Å². The van der Waals surface area contributed by atoms with Crippen molar-refractivity contribution in [1.29, 1.82) is 0 Å². The van der Waals surface area contributed by atoms with Gasteiger partial charge >= 0.3 is 0 Å². The molecule has 0 fully saturated rings. The molecule has 0 amide bonds. The Labute approximate surface area is 118 Å². The number of nitrogens with one attached hydrogen (secondary N) is 1. The van der Waals surface area contributed by atoms with Crippen LogP contribution in [0.5, 0.6) is 0 Å². The molecule has 2 aromatic heterocycles. The van der Waals surface area contributed by atoms with E-state index < -0.39 is 0 Å². The van der Waals surface area contributed by atoms with Crippen LogP contribution in [0.3, 0.4) is 0 Å². The number of ether oxygens (including phenoxy) is 1. The lowest BCUT2D eigenvalue weighted by Gasteiger charge is -2.20. The first-order chi connectivity index (χ1) is 9.74. The maximum Gasteiger partial charge on any atom is 0.152 e. The fourth-order valence-electron chi connectivity index (χ4n) is 2.09. The predicted molar refractivity (Wildman–Crippen MR) is 75.3 cm³/mol. The number of furan rings is 1. The number of aliphatic hydroxyl groups excluding tert-OH is 1. The minimum Gasteiger partial charge on any atom is -0.460 e. The number of hydrogen-bond acceptors (Lipinski definition) is 5. The lowest BCUT2D eigenvalue weighted by atomic mass is 10.2. The van der Waals surface area contributed by atoms with Gasteiger partial charge in [-0.3, -0.25) is 10.00 Å². The van der Waals surface area contributed by atoms with Crippen LogP contribution < -0.4 is 0 Å². The lowest BCUT2D eigenvalue weighted by Crippen LogP contribution is -2.29. The Morgan fingerprint density at radius 1 is 1.40 bits per heavy atom. The third-order valence-electron chi connectivity index (χ3n) is 3.13. The number of hydrogen-bond donors (Lipinski definition) is 2. The van der Waals surface area contributed by atoms with E-state index in [1.165, 1.54) is 0 Å². The summed E-state index contributed by atoms with van der Waals surface area (Å²) in [5.74, 6) is 1.65. The van der Waals surface area contributed by atoms with E-state index in [1.807, 2.05) is 19.1 Å². The van der Waals surface area contributed by atoms with E-state index >= 15 is 0 Å². The number of aryl methyl sites for hydroxylation is 1. The fraction of sp³-hybridized carbons (Fsp3) is 0.500. The van der Waals surface area contributed by atoms with Crippen LogP contribution in [0.4, 0.5) is 0 Å². The van der Waals surface area contributed by atoms with E-state index in [0.29, 0.717) is 19.7 Å². The van der Waals surface area contributed by atoms with Crippen molar-refractivity contribution in [1.82, 2.24) is 15.1 Å². The van der Waals surface area contributed by atoms with E-state index in [0.717, 1.165) is 29.3 Å². The topological polar surface area (TPSA) is 74.5 Å². The highest BCUT2D eigenvalue weighted by atomic mass is 16.5. The van der Waals surface area contributed by atoms with E-state index in [-0.39, 0.29) is 6.61 Å². The zero-order valence-corrected chi connectivity index (χ0v) is 11.9. The van der Waals surface area contributed by atoms with Crippen LogP contribution in [-0.2, 0) is 11.3 Å². The molecule has 20 heavy (non-hydrogen) atoms. The average molecular weight is 279 g/mol. The molecule has 2 aromatic rings. The van der Waals surface area contributed by atoms with Gasteiger partial charge in [0.05, 0.1) is 19.4 Å².